The lowest BCUT2D eigenvalue weighted by atomic mass is 9.96. The Hall–Kier alpha value is -1.10. The van der Waals surface area contributed by atoms with Gasteiger partial charge in [-0.1, -0.05) is 20.8 Å². The summed E-state index contributed by atoms with van der Waals surface area (Å²) in [6.45, 7) is 11.7. The quantitative estimate of drug-likeness (QED) is 0.837. The fraction of sp³-hybridized carbons (Fsp3) is 0.857. The summed E-state index contributed by atoms with van der Waals surface area (Å²) in [5.41, 5.74) is -0.676. The molecule has 5 nitrogen and oxygen atoms in total. The van der Waals surface area contributed by atoms with E-state index < -0.39 is 5.41 Å². The maximum absolute atomic E-state index is 12.2. The monoisotopic (exact) mass is 270 g/mol. The first-order valence-corrected chi connectivity index (χ1v) is 6.81. The van der Waals surface area contributed by atoms with E-state index in [4.69, 9.17) is 4.74 Å². The summed E-state index contributed by atoms with van der Waals surface area (Å²) in [5.74, 6) is 0.0454. The van der Waals surface area contributed by atoms with Crippen LogP contribution in [0.2, 0.25) is 0 Å². The van der Waals surface area contributed by atoms with Crippen LogP contribution in [0.3, 0.4) is 0 Å². The molecule has 0 bridgehead atoms. The number of amides is 2. The standard InChI is InChI=1S/C14H26N2O3/c1-13(2,3)12(18)15-7-6-11(17)16-8-9-19-10-14(16,4)5/h6-10H2,1-5H3,(H,15,18). The molecule has 1 aliphatic rings. The van der Waals surface area contributed by atoms with Gasteiger partial charge in [0.05, 0.1) is 18.8 Å². The highest BCUT2D eigenvalue weighted by molar-refractivity contribution is 5.82. The molecular weight excluding hydrogens is 244 g/mol. The van der Waals surface area contributed by atoms with Crippen molar-refractivity contribution >= 4 is 11.8 Å². The number of nitrogens with one attached hydrogen (secondary N) is 1. The van der Waals surface area contributed by atoms with Gasteiger partial charge in [-0.3, -0.25) is 9.59 Å². The average molecular weight is 270 g/mol. The van der Waals surface area contributed by atoms with E-state index in [1.807, 2.05) is 39.5 Å². The topological polar surface area (TPSA) is 58.6 Å². The van der Waals surface area contributed by atoms with Crippen LogP contribution in [-0.2, 0) is 14.3 Å². The Morgan fingerprint density at radius 1 is 1.32 bits per heavy atom. The molecule has 0 aromatic heterocycles. The van der Waals surface area contributed by atoms with Gasteiger partial charge in [0, 0.05) is 24.9 Å². The first-order chi connectivity index (χ1) is 8.64. The Morgan fingerprint density at radius 3 is 2.47 bits per heavy atom. The van der Waals surface area contributed by atoms with Crippen molar-refractivity contribution in [3.05, 3.63) is 0 Å². The molecule has 1 N–H and O–H groups in total. The van der Waals surface area contributed by atoms with Gasteiger partial charge in [0.2, 0.25) is 11.8 Å². The van der Waals surface area contributed by atoms with Crippen molar-refractivity contribution in [2.45, 2.75) is 46.6 Å². The number of nitrogens with zero attached hydrogens (tertiary/aromatic N) is 1. The molecule has 0 aliphatic carbocycles. The molecule has 0 unspecified atom stereocenters. The molecule has 19 heavy (non-hydrogen) atoms. The summed E-state index contributed by atoms with van der Waals surface area (Å²) < 4.78 is 5.39. The predicted octanol–water partition coefficient (Wildman–Crippen LogP) is 1.18. The molecule has 1 fully saturated rings. The number of carbonyl (C=O) groups is 2. The number of rotatable bonds is 3. The largest absolute Gasteiger partial charge is 0.377 e. The third kappa shape index (κ3) is 4.49. The summed E-state index contributed by atoms with van der Waals surface area (Å²) in [6, 6.07) is 0. The van der Waals surface area contributed by atoms with Crippen molar-refractivity contribution in [1.82, 2.24) is 10.2 Å². The van der Waals surface area contributed by atoms with Gasteiger partial charge in [-0.05, 0) is 13.8 Å². The molecule has 1 aliphatic heterocycles. The zero-order valence-corrected chi connectivity index (χ0v) is 12.7. The second kappa shape index (κ2) is 5.90. The molecule has 0 spiro atoms. The van der Waals surface area contributed by atoms with Crippen LogP contribution in [0.25, 0.3) is 0 Å². The van der Waals surface area contributed by atoms with E-state index in [9.17, 15) is 9.59 Å². The highest BCUT2D eigenvalue weighted by Crippen LogP contribution is 2.19. The number of carbonyl (C=O) groups excluding carboxylic acids is 2. The van der Waals surface area contributed by atoms with Gasteiger partial charge in [0.1, 0.15) is 0 Å². The molecule has 1 rings (SSSR count). The zero-order valence-electron chi connectivity index (χ0n) is 12.7. The summed E-state index contributed by atoms with van der Waals surface area (Å²) in [6.07, 6.45) is 0.339. The van der Waals surface area contributed by atoms with Crippen LogP contribution in [0.1, 0.15) is 41.0 Å². The SMILES string of the molecule is CC(C)(C)C(=O)NCCC(=O)N1CCOCC1(C)C. The fourth-order valence-electron chi connectivity index (χ4n) is 2.00. The van der Waals surface area contributed by atoms with Crippen LogP contribution in [-0.4, -0.2) is 48.6 Å². The molecule has 5 heteroatoms. The lowest BCUT2D eigenvalue weighted by Gasteiger charge is -2.42. The Morgan fingerprint density at radius 2 is 1.95 bits per heavy atom. The van der Waals surface area contributed by atoms with Gasteiger partial charge in [-0.15, -0.1) is 0 Å². The van der Waals surface area contributed by atoms with E-state index in [0.29, 0.717) is 32.7 Å². The van der Waals surface area contributed by atoms with Crippen LogP contribution in [0, 0.1) is 5.41 Å². The lowest BCUT2D eigenvalue weighted by molar-refractivity contribution is -0.146. The predicted molar refractivity (Wildman–Crippen MR) is 73.7 cm³/mol. The highest BCUT2D eigenvalue weighted by Gasteiger charge is 2.33. The molecule has 0 aromatic rings. The highest BCUT2D eigenvalue weighted by atomic mass is 16.5. The molecule has 2 amide bonds. The van der Waals surface area contributed by atoms with Gasteiger partial charge in [-0.25, -0.2) is 0 Å². The molecular formula is C14H26N2O3. The van der Waals surface area contributed by atoms with Crippen LogP contribution < -0.4 is 5.32 Å². The first-order valence-electron chi connectivity index (χ1n) is 6.81. The second-order valence-corrected chi connectivity index (χ2v) is 6.67. The van der Waals surface area contributed by atoms with Gasteiger partial charge in [-0.2, -0.15) is 0 Å². The van der Waals surface area contributed by atoms with Crippen molar-refractivity contribution in [2.75, 3.05) is 26.3 Å². The van der Waals surface area contributed by atoms with E-state index in [2.05, 4.69) is 5.32 Å². The van der Waals surface area contributed by atoms with E-state index >= 15 is 0 Å². The lowest BCUT2D eigenvalue weighted by Crippen LogP contribution is -2.56. The van der Waals surface area contributed by atoms with Gasteiger partial charge in [0.25, 0.3) is 0 Å². The molecule has 0 radical (unpaired) electrons. The molecule has 0 atom stereocenters. The van der Waals surface area contributed by atoms with Crippen molar-refractivity contribution < 1.29 is 14.3 Å². The Kier molecular flexibility index (Phi) is 4.96. The number of hydrogen-bond donors (Lipinski definition) is 1. The van der Waals surface area contributed by atoms with E-state index in [1.54, 1.807) is 0 Å². The molecule has 0 aromatic carbocycles. The minimum atomic E-state index is -0.415. The normalized spacial score (nSPS) is 19.1. The number of ether oxygens (including phenoxy) is 1. The Bertz CT molecular complexity index is 345. The van der Waals surface area contributed by atoms with E-state index in [0.717, 1.165) is 0 Å². The summed E-state index contributed by atoms with van der Waals surface area (Å²) in [5, 5.41) is 2.80. The van der Waals surface area contributed by atoms with E-state index in [-0.39, 0.29) is 17.4 Å². The zero-order chi connectivity index (χ0) is 14.7. The van der Waals surface area contributed by atoms with Crippen LogP contribution >= 0.6 is 0 Å². The number of morpholine rings is 1. The van der Waals surface area contributed by atoms with Crippen molar-refractivity contribution in [2.24, 2.45) is 5.41 Å². The summed E-state index contributed by atoms with van der Waals surface area (Å²) >= 11 is 0. The van der Waals surface area contributed by atoms with Crippen LogP contribution in [0.4, 0.5) is 0 Å². The Labute approximate surface area is 115 Å². The third-order valence-corrected chi connectivity index (χ3v) is 3.25. The first kappa shape index (κ1) is 16.0. The molecule has 110 valence electrons. The third-order valence-electron chi connectivity index (χ3n) is 3.25. The van der Waals surface area contributed by atoms with Gasteiger partial charge < -0.3 is 15.0 Å². The van der Waals surface area contributed by atoms with Gasteiger partial charge >= 0.3 is 0 Å². The fourth-order valence-corrected chi connectivity index (χ4v) is 2.00. The molecule has 1 heterocycles. The van der Waals surface area contributed by atoms with Gasteiger partial charge in [0.15, 0.2) is 0 Å². The molecule has 1 saturated heterocycles. The second-order valence-electron chi connectivity index (χ2n) is 6.67. The maximum atomic E-state index is 12.2. The molecule has 0 saturated carbocycles. The number of hydrogen-bond acceptors (Lipinski definition) is 3. The Balaban J connectivity index is 2.41. The van der Waals surface area contributed by atoms with Crippen molar-refractivity contribution in [3.8, 4) is 0 Å². The van der Waals surface area contributed by atoms with Crippen molar-refractivity contribution in [1.29, 1.82) is 0 Å². The average Bonchev–Trinajstić information content (AvgIpc) is 2.26. The minimum absolute atomic E-state index is 0.0264. The van der Waals surface area contributed by atoms with E-state index in [1.165, 1.54) is 0 Å². The summed E-state index contributed by atoms with van der Waals surface area (Å²) in [4.78, 5) is 25.7. The summed E-state index contributed by atoms with van der Waals surface area (Å²) in [7, 11) is 0. The smallest absolute Gasteiger partial charge is 0.225 e. The van der Waals surface area contributed by atoms with Crippen molar-refractivity contribution in [3.63, 3.8) is 0 Å². The minimum Gasteiger partial charge on any atom is -0.377 e. The van der Waals surface area contributed by atoms with Crippen LogP contribution in [0.5, 0.6) is 0 Å². The maximum Gasteiger partial charge on any atom is 0.225 e. The van der Waals surface area contributed by atoms with Crippen LogP contribution in [0.15, 0.2) is 0 Å².